The Morgan fingerprint density at radius 2 is 1.25 bits per heavy atom. The van der Waals surface area contributed by atoms with Crippen LogP contribution in [0, 0.1) is 0 Å². The average molecular weight is 212 g/mol. The summed E-state index contributed by atoms with van der Waals surface area (Å²) in [6.07, 6.45) is 0. The summed E-state index contributed by atoms with van der Waals surface area (Å²) in [5.74, 6) is 0. The van der Waals surface area contributed by atoms with Gasteiger partial charge in [0.1, 0.15) is 0 Å². The molecule has 0 saturated heterocycles. The third kappa shape index (κ3) is 8.82. The van der Waals surface area contributed by atoms with Crippen LogP contribution >= 0.6 is 25.9 Å². The standard InChI is InChI=1S/ClH.In.Na.H2S.4H/h1H;;;1H2;;;;/q;;+1;;;;;-1. The normalized spacial score (nSPS) is 0. The number of hydrogen-bond acceptors (Lipinski definition) is 0. The Morgan fingerprint density at radius 1 is 1.25 bits per heavy atom. The van der Waals surface area contributed by atoms with Gasteiger partial charge in [0.2, 0.25) is 0 Å². The minimum absolute atomic E-state index is 0. The minimum Gasteiger partial charge on any atom is 1.00 e. The number of rotatable bonds is 0. The summed E-state index contributed by atoms with van der Waals surface area (Å²) in [6.45, 7) is 0. The molecular weight excluding hydrogens is 205 g/mol. The van der Waals surface area contributed by atoms with E-state index in [4.69, 9.17) is 0 Å². The SMILES string of the molecule is Cl.S.[H-].[InH3].[Na+]. The van der Waals surface area contributed by atoms with Crippen LogP contribution in [0.5, 0.6) is 0 Å². The molecule has 0 saturated carbocycles. The van der Waals surface area contributed by atoms with E-state index in [1.807, 2.05) is 0 Å². The van der Waals surface area contributed by atoms with Crippen molar-refractivity contribution in [2.75, 3.05) is 0 Å². The van der Waals surface area contributed by atoms with Crippen molar-refractivity contribution < 1.29 is 31.0 Å². The van der Waals surface area contributed by atoms with E-state index in [1.54, 1.807) is 0 Å². The summed E-state index contributed by atoms with van der Waals surface area (Å²) >= 11 is 0. The summed E-state index contributed by atoms with van der Waals surface area (Å²) in [5, 5.41) is 0. The van der Waals surface area contributed by atoms with Crippen LogP contribution in [0.3, 0.4) is 0 Å². The molecule has 0 radical (unpaired) electrons. The molecule has 4 heavy (non-hydrogen) atoms. The van der Waals surface area contributed by atoms with Crippen LogP contribution in [-0.4, -0.2) is 25.8 Å². The van der Waals surface area contributed by atoms with Crippen molar-refractivity contribution in [3.63, 3.8) is 0 Å². The summed E-state index contributed by atoms with van der Waals surface area (Å²) < 4.78 is 0. The summed E-state index contributed by atoms with van der Waals surface area (Å²) in [6, 6.07) is 0. The molecule has 4 heteroatoms. The van der Waals surface area contributed by atoms with Crippen LogP contribution < -0.4 is 29.6 Å². The zero-order chi connectivity index (χ0) is 0. The molecule has 0 aliphatic carbocycles. The fourth-order valence-electron chi connectivity index (χ4n) is 0. The summed E-state index contributed by atoms with van der Waals surface area (Å²) in [4.78, 5) is 0. The van der Waals surface area contributed by atoms with E-state index >= 15 is 0 Å². The van der Waals surface area contributed by atoms with E-state index in [0.29, 0.717) is 0 Å². The van der Waals surface area contributed by atoms with E-state index in [-0.39, 0.29) is 82.7 Å². The largest absolute Gasteiger partial charge is 1.00 e. The molecule has 0 nitrogen and oxygen atoms in total. The smallest absolute Gasteiger partial charge is 1.00 e. The zero-order valence-corrected chi connectivity index (χ0v) is 5.72. The molecule has 24 valence electrons. The molecule has 0 spiro atoms. The fraction of sp³-hybridized carbons (Fsp3) is 0. The predicted octanol–water partition coefficient (Wildman–Crippen LogP) is -3.53. The van der Waals surface area contributed by atoms with Crippen LogP contribution in [0.25, 0.3) is 0 Å². The van der Waals surface area contributed by atoms with Crippen molar-refractivity contribution in [3.8, 4) is 0 Å². The molecule has 0 N–H and O–H groups in total. The van der Waals surface area contributed by atoms with Crippen molar-refractivity contribution in [2.45, 2.75) is 0 Å². The second-order valence-corrected chi connectivity index (χ2v) is 0. The molecule has 0 aromatic rings. The number of halogens is 1. The summed E-state index contributed by atoms with van der Waals surface area (Å²) in [7, 11) is 0. The fourth-order valence-corrected chi connectivity index (χ4v) is 0. The van der Waals surface area contributed by atoms with Gasteiger partial charge in [0.05, 0.1) is 0 Å². The first-order valence-electron chi connectivity index (χ1n) is 0. The third-order valence-electron chi connectivity index (χ3n) is 0. The molecule has 0 aliphatic heterocycles. The quantitative estimate of drug-likeness (QED) is 0.365. The number of hydrogen-bond donors (Lipinski definition) is 0. The first kappa shape index (κ1) is 31.4. The van der Waals surface area contributed by atoms with Crippen molar-refractivity contribution >= 4 is 51.7 Å². The van der Waals surface area contributed by atoms with Crippen molar-refractivity contribution in [3.05, 3.63) is 0 Å². The molecule has 0 heterocycles. The van der Waals surface area contributed by atoms with E-state index in [2.05, 4.69) is 0 Å². The second kappa shape index (κ2) is 17.8. The van der Waals surface area contributed by atoms with Gasteiger partial charge in [0.25, 0.3) is 0 Å². The Hall–Kier alpha value is 2.51. The second-order valence-electron chi connectivity index (χ2n) is 0. The van der Waals surface area contributed by atoms with Gasteiger partial charge >= 0.3 is 55.4 Å². The van der Waals surface area contributed by atoms with E-state index in [9.17, 15) is 0 Å². The Bertz CT molecular complexity index is 11.6. The minimum atomic E-state index is 0. The van der Waals surface area contributed by atoms with E-state index < -0.39 is 0 Å². The van der Waals surface area contributed by atoms with Crippen LogP contribution in [0.4, 0.5) is 0 Å². The molecule has 0 aliphatic rings. The molecule has 0 amide bonds. The first-order chi connectivity index (χ1) is 0. The van der Waals surface area contributed by atoms with Crippen molar-refractivity contribution in [2.24, 2.45) is 0 Å². The van der Waals surface area contributed by atoms with Gasteiger partial charge in [-0.1, -0.05) is 0 Å². The van der Waals surface area contributed by atoms with Crippen LogP contribution in [0.2, 0.25) is 0 Å². The molecule has 0 unspecified atom stereocenters. The average Bonchev–Trinajstić information content (AvgIpc) is 0. The molecule has 0 fully saturated rings. The van der Waals surface area contributed by atoms with Gasteiger partial charge in [-0.25, -0.2) is 0 Å². The molecule has 0 aromatic carbocycles. The maximum absolute atomic E-state index is 0. The Balaban J connectivity index is 0. The Kier molecular flexibility index (Phi) is 140. The van der Waals surface area contributed by atoms with Gasteiger partial charge in [-0.05, 0) is 0 Å². The molecule has 0 rings (SSSR count). The third-order valence-corrected chi connectivity index (χ3v) is 0. The maximum Gasteiger partial charge on any atom is 1.00 e. The van der Waals surface area contributed by atoms with Crippen molar-refractivity contribution in [1.82, 2.24) is 0 Å². The van der Waals surface area contributed by atoms with Crippen molar-refractivity contribution in [1.29, 1.82) is 0 Å². The summed E-state index contributed by atoms with van der Waals surface area (Å²) in [5.41, 5.74) is 0. The Labute approximate surface area is 81.5 Å². The predicted molar refractivity (Wildman–Crippen MR) is 28.7 cm³/mol. The van der Waals surface area contributed by atoms with Crippen LogP contribution in [0.15, 0.2) is 0 Å². The molecule has 0 bridgehead atoms. The zero-order valence-electron chi connectivity index (χ0n) is 2.91. The van der Waals surface area contributed by atoms with Gasteiger partial charge in [0, 0.05) is 0 Å². The van der Waals surface area contributed by atoms with Crippen LogP contribution in [0.1, 0.15) is 1.43 Å². The first-order valence-corrected chi connectivity index (χ1v) is 0. The van der Waals surface area contributed by atoms with Gasteiger partial charge in [-0.15, -0.1) is 12.4 Å². The molecular formula is H7ClInNaS. The van der Waals surface area contributed by atoms with E-state index in [1.165, 1.54) is 0 Å². The topological polar surface area (TPSA) is 0 Å². The molecule has 0 atom stereocenters. The van der Waals surface area contributed by atoms with Gasteiger partial charge in [-0.2, -0.15) is 13.5 Å². The van der Waals surface area contributed by atoms with Gasteiger partial charge < -0.3 is 1.43 Å². The molecule has 0 aromatic heterocycles. The van der Waals surface area contributed by atoms with Gasteiger partial charge in [0.15, 0.2) is 0 Å². The van der Waals surface area contributed by atoms with E-state index in [0.717, 1.165) is 0 Å². The maximum atomic E-state index is 0. The van der Waals surface area contributed by atoms with Crippen LogP contribution in [-0.2, 0) is 0 Å². The van der Waals surface area contributed by atoms with Gasteiger partial charge in [-0.3, -0.25) is 0 Å². The monoisotopic (exact) mass is 212 g/mol. The Morgan fingerprint density at radius 3 is 1.25 bits per heavy atom.